The largest absolute Gasteiger partial charge is 0.465 e. The van der Waals surface area contributed by atoms with Crippen LogP contribution in [0.25, 0.3) is 6.08 Å². The molecule has 3 heterocycles. The van der Waals surface area contributed by atoms with Gasteiger partial charge in [0.1, 0.15) is 5.82 Å². The summed E-state index contributed by atoms with van der Waals surface area (Å²) in [5.41, 5.74) is 3.65. The smallest absolute Gasteiger partial charge is 0.413 e. The molecule has 0 aromatic carbocycles. The summed E-state index contributed by atoms with van der Waals surface area (Å²) in [5.74, 6) is 0.00793. The van der Waals surface area contributed by atoms with Gasteiger partial charge in [-0.05, 0) is 73.1 Å². The number of pyridine rings is 1. The van der Waals surface area contributed by atoms with Gasteiger partial charge < -0.3 is 9.84 Å². The van der Waals surface area contributed by atoms with Crippen molar-refractivity contribution in [2.75, 3.05) is 24.6 Å². The van der Waals surface area contributed by atoms with Crippen LogP contribution in [0.15, 0.2) is 24.4 Å². The number of hydrogen-bond donors (Lipinski definition) is 2. The van der Waals surface area contributed by atoms with Gasteiger partial charge in [-0.1, -0.05) is 27.7 Å². The minimum absolute atomic E-state index is 0.135. The number of carboxylic acid groups (broad SMARTS) is 1. The Labute approximate surface area is 220 Å². The molecule has 0 bridgehead atoms. The first-order valence-electron chi connectivity index (χ1n) is 13.5. The first-order valence-corrected chi connectivity index (χ1v) is 13.5. The molecule has 2 amide bonds. The van der Waals surface area contributed by atoms with E-state index in [1.165, 1.54) is 17.4 Å². The number of anilines is 1. The number of rotatable bonds is 7. The lowest BCUT2D eigenvalue weighted by Crippen LogP contribution is -2.47. The van der Waals surface area contributed by atoms with Crippen molar-refractivity contribution in [3.63, 3.8) is 0 Å². The number of nitrogens with zero attached hydrogens (tertiary/aromatic N) is 3. The van der Waals surface area contributed by atoms with E-state index >= 15 is 0 Å². The number of amides is 2. The Bertz CT molecular complexity index is 955. The maximum atomic E-state index is 12.3. The number of hydrogen-bond acceptors (Lipinski definition) is 6. The van der Waals surface area contributed by atoms with E-state index in [0.29, 0.717) is 24.0 Å². The third kappa shape index (κ3) is 7.52. The van der Waals surface area contributed by atoms with Crippen LogP contribution in [0, 0.1) is 10.8 Å². The Balaban J connectivity index is 1.34. The van der Waals surface area contributed by atoms with E-state index in [1.54, 1.807) is 24.4 Å². The second-order valence-electron chi connectivity index (χ2n) is 12.3. The molecule has 1 unspecified atom stereocenters. The Morgan fingerprint density at radius 1 is 1.19 bits per heavy atom. The van der Waals surface area contributed by atoms with Gasteiger partial charge in [-0.25, -0.2) is 20.1 Å². The van der Waals surface area contributed by atoms with Gasteiger partial charge >= 0.3 is 6.09 Å². The van der Waals surface area contributed by atoms with Crippen LogP contribution in [0.2, 0.25) is 0 Å². The normalized spacial score (nSPS) is 26.3. The van der Waals surface area contributed by atoms with Crippen molar-refractivity contribution in [2.45, 2.75) is 91.0 Å². The van der Waals surface area contributed by atoms with E-state index in [0.717, 1.165) is 51.6 Å². The predicted molar refractivity (Wildman–Crippen MR) is 142 cm³/mol. The highest BCUT2D eigenvalue weighted by Gasteiger charge is 2.43. The molecule has 2 aliphatic heterocycles. The summed E-state index contributed by atoms with van der Waals surface area (Å²) >= 11 is 0. The maximum absolute atomic E-state index is 12.3. The molecule has 37 heavy (non-hydrogen) atoms. The number of likely N-dealkylation sites (tertiary alicyclic amines) is 1. The second-order valence-corrected chi connectivity index (χ2v) is 12.3. The summed E-state index contributed by atoms with van der Waals surface area (Å²) in [5, 5.41) is 10.0. The minimum Gasteiger partial charge on any atom is -0.465 e. The van der Waals surface area contributed by atoms with Crippen LogP contribution >= 0.6 is 0 Å². The monoisotopic (exact) mass is 514 g/mol. The molecule has 1 aliphatic carbocycles. The Morgan fingerprint density at radius 2 is 1.95 bits per heavy atom. The molecular formula is C28H42N4O5. The molecule has 3 aliphatic rings. The average molecular weight is 515 g/mol. The maximum Gasteiger partial charge on any atom is 0.413 e. The summed E-state index contributed by atoms with van der Waals surface area (Å²) < 4.78 is 5.42. The topological polar surface area (TPSA) is 104 Å². The van der Waals surface area contributed by atoms with Gasteiger partial charge in [-0.15, -0.1) is 0 Å². The summed E-state index contributed by atoms with van der Waals surface area (Å²) in [4.78, 5) is 37.9. The first kappa shape index (κ1) is 27.5. The Morgan fingerprint density at radius 3 is 2.57 bits per heavy atom. The zero-order valence-electron chi connectivity index (χ0n) is 22.6. The van der Waals surface area contributed by atoms with Crippen LogP contribution in [-0.2, 0) is 14.4 Å². The molecule has 4 rings (SSSR count). The molecule has 9 heteroatoms. The molecule has 2 N–H and O–H groups in total. The van der Waals surface area contributed by atoms with E-state index in [4.69, 9.17) is 9.57 Å². The third-order valence-electron chi connectivity index (χ3n) is 7.69. The lowest BCUT2D eigenvalue weighted by Gasteiger charge is -2.48. The Kier molecular flexibility index (Phi) is 8.56. The van der Waals surface area contributed by atoms with Crippen LogP contribution in [0.4, 0.5) is 10.6 Å². The molecule has 204 valence electrons. The third-order valence-corrected chi connectivity index (χ3v) is 7.69. The van der Waals surface area contributed by atoms with Crippen LogP contribution < -0.4 is 10.4 Å². The molecule has 0 spiro atoms. The molecule has 1 aromatic heterocycles. The van der Waals surface area contributed by atoms with E-state index in [2.05, 4.69) is 43.1 Å². The van der Waals surface area contributed by atoms with Gasteiger partial charge in [0.25, 0.3) is 5.91 Å². The van der Waals surface area contributed by atoms with Crippen LogP contribution in [-0.4, -0.2) is 65.1 Å². The highest BCUT2D eigenvalue weighted by atomic mass is 16.8. The van der Waals surface area contributed by atoms with Crippen molar-refractivity contribution in [3.8, 4) is 0 Å². The zero-order valence-corrected chi connectivity index (χ0v) is 22.6. The van der Waals surface area contributed by atoms with Gasteiger partial charge in [0.2, 0.25) is 0 Å². The molecule has 1 aromatic rings. The van der Waals surface area contributed by atoms with Gasteiger partial charge in [-0.3, -0.25) is 14.6 Å². The van der Waals surface area contributed by atoms with Crippen LogP contribution in [0.3, 0.4) is 0 Å². The van der Waals surface area contributed by atoms with E-state index in [-0.39, 0.29) is 16.9 Å². The fourth-order valence-electron chi connectivity index (χ4n) is 6.57. The van der Waals surface area contributed by atoms with Crippen molar-refractivity contribution in [2.24, 2.45) is 10.8 Å². The number of nitrogens with one attached hydrogen (secondary N) is 1. The number of ether oxygens (including phenoxy) is 1. The second kappa shape index (κ2) is 11.5. The van der Waals surface area contributed by atoms with E-state index in [1.807, 2.05) is 0 Å². The van der Waals surface area contributed by atoms with Gasteiger partial charge in [0, 0.05) is 44.4 Å². The van der Waals surface area contributed by atoms with Crippen molar-refractivity contribution in [3.05, 3.63) is 30.0 Å². The van der Waals surface area contributed by atoms with Crippen molar-refractivity contribution >= 4 is 23.9 Å². The average Bonchev–Trinajstić information content (AvgIpc) is 3.30. The fourth-order valence-corrected chi connectivity index (χ4v) is 6.57. The van der Waals surface area contributed by atoms with Crippen molar-refractivity contribution < 1.29 is 24.3 Å². The summed E-state index contributed by atoms with van der Waals surface area (Å²) in [6, 6.07) is 3.81. The van der Waals surface area contributed by atoms with Crippen molar-refractivity contribution in [1.82, 2.24) is 15.4 Å². The molecule has 3 fully saturated rings. The van der Waals surface area contributed by atoms with Crippen molar-refractivity contribution in [1.29, 1.82) is 0 Å². The predicted octanol–water partition coefficient (Wildman–Crippen LogP) is 4.83. The molecule has 2 saturated heterocycles. The number of aromatic nitrogens is 1. The molecule has 2 atom stereocenters. The summed E-state index contributed by atoms with van der Waals surface area (Å²) in [6.07, 6.45) is 10.2. The SMILES string of the molecule is CC1(C)CC(N2CC[C@@H](N(C(=O)O)c3ccc(/C=C/C(=O)NOC4CCCCO4)cn3)C2)CC(C)(C)C1. The Hall–Kier alpha value is -2.49. The molecular weight excluding hydrogens is 472 g/mol. The number of carbonyl (C=O) groups excluding carboxylic acids is 1. The highest BCUT2D eigenvalue weighted by molar-refractivity contribution is 5.91. The summed E-state index contributed by atoms with van der Waals surface area (Å²) in [6.45, 7) is 11.6. The zero-order chi connectivity index (χ0) is 26.6. The number of carbonyl (C=O) groups is 2. The van der Waals surface area contributed by atoms with E-state index in [9.17, 15) is 14.7 Å². The number of hydroxylamine groups is 1. The minimum atomic E-state index is -0.992. The van der Waals surface area contributed by atoms with E-state index < -0.39 is 18.3 Å². The molecule has 1 saturated carbocycles. The molecule has 9 nitrogen and oxygen atoms in total. The lowest BCUT2D eigenvalue weighted by atomic mass is 9.63. The van der Waals surface area contributed by atoms with Gasteiger partial charge in [0.15, 0.2) is 6.29 Å². The lowest BCUT2D eigenvalue weighted by molar-refractivity contribution is -0.198. The summed E-state index contributed by atoms with van der Waals surface area (Å²) in [7, 11) is 0. The first-order chi connectivity index (χ1) is 17.5. The van der Waals surface area contributed by atoms with Gasteiger partial charge in [0.05, 0.1) is 6.04 Å². The quantitative estimate of drug-likeness (QED) is 0.397. The molecule has 0 radical (unpaired) electrons. The highest BCUT2D eigenvalue weighted by Crippen LogP contribution is 2.47. The van der Waals surface area contributed by atoms with Gasteiger partial charge in [-0.2, -0.15) is 0 Å². The fraction of sp³-hybridized carbons (Fsp3) is 0.679. The van der Waals surface area contributed by atoms with Crippen LogP contribution in [0.5, 0.6) is 0 Å². The van der Waals surface area contributed by atoms with Crippen LogP contribution in [0.1, 0.15) is 78.2 Å². The standard InChI is InChI=1S/C28H42N4O5/c1-27(2)15-22(16-28(3,4)19-27)31-13-12-21(18-31)32(26(34)35)23-10-8-20(17-29-23)9-11-24(33)30-37-25-7-5-6-14-36-25/h8-11,17,21-22,25H,5-7,12-16,18-19H2,1-4H3,(H,30,33)(H,34,35)/b11-9+/t21-,25?/m1/s1.